The second kappa shape index (κ2) is 17.3. The van der Waals surface area contributed by atoms with Crippen LogP contribution < -0.4 is 0 Å². The van der Waals surface area contributed by atoms with E-state index < -0.39 is 13.0 Å². The van der Waals surface area contributed by atoms with Crippen molar-refractivity contribution in [3.05, 3.63) is 12.2 Å². The van der Waals surface area contributed by atoms with Gasteiger partial charge in [-0.2, -0.15) is 0 Å². The van der Waals surface area contributed by atoms with Crippen LogP contribution in [0.5, 0.6) is 0 Å². The lowest BCUT2D eigenvalue weighted by molar-refractivity contribution is -0.140. The van der Waals surface area contributed by atoms with Crippen molar-refractivity contribution < 1.29 is 13.6 Å². The normalized spacial score (nSPS) is 13.9. The zero-order valence-corrected chi connectivity index (χ0v) is 13.9. The SMILES string of the molecule is [2H]C([2H])([2H])OC(=O)CCCCCCC/C=C\CCCCCCCC. The van der Waals surface area contributed by atoms with E-state index in [4.69, 9.17) is 4.11 Å². The zero-order valence-electron chi connectivity index (χ0n) is 16.9. The molecule has 0 unspecified atom stereocenters. The number of allylic oxidation sites excluding steroid dienone is 2. The van der Waals surface area contributed by atoms with E-state index in [1.807, 2.05) is 0 Å². The van der Waals surface area contributed by atoms with Gasteiger partial charge < -0.3 is 4.74 Å². The van der Waals surface area contributed by atoms with Crippen molar-refractivity contribution >= 4 is 5.97 Å². The van der Waals surface area contributed by atoms with Gasteiger partial charge in [-0.3, -0.25) is 4.79 Å². The second-order valence-corrected chi connectivity index (χ2v) is 5.81. The highest BCUT2D eigenvalue weighted by molar-refractivity contribution is 5.68. The summed E-state index contributed by atoms with van der Waals surface area (Å²) in [5.41, 5.74) is 0. The number of unbranched alkanes of at least 4 members (excludes halogenated alkanes) is 11. The summed E-state index contributed by atoms with van der Waals surface area (Å²) in [6.45, 7) is 2.25. The fourth-order valence-electron chi connectivity index (χ4n) is 2.39. The van der Waals surface area contributed by atoms with Crippen LogP contribution in [0.2, 0.25) is 0 Å². The van der Waals surface area contributed by atoms with Crippen molar-refractivity contribution in [2.24, 2.45) is 0 Å². The molecular weight excluding hydrogens is 260 g/mol. The molecule has 0 fully saturated rings. The minimum atomic E-state index is -2.60. The van der Waals surface area contributed by atoms with Gasteiger partial charge in [-0.1, -0.05) is 70.4 Å². The number of rotatable bonds is 15. The first-order chi connectivity index (χ1) is 11.5. The van der Waals surface area contributed by atoms with Crippen LogP contribution in [0.1, 0.15) is 101 Å². The van der Waals surface area contributed by atoms with E-state index >= 15 is 0 Å². The van der Waals surface area contributed by atoms with Gasteiger partial charge in [0.05, 0.1) is 11.2 Å². The summed E-state index contributed by atoms with van der Waals surface area (Å²) in [4.78, 5) is 11.2. The molecule has 0 amide bonds. The Hall–Kier alpha value is -0.790. The fourth-order valence-corrected chi connectivity index (χ4v) is 2.39. The summed E-state index contributed by atoms with van der Waals surface area (Å²) in [6, 6.07) is 0. The first kappa shape index (κ1) is 15.1. The van der Waals surface area contributed by atoms with Crippen molar-refractivity contribution in [1.82, 2.24) is 0 Å². The number of carbonyl (C=O) groups excluding carboxylic acids is 1. The molecule has 0 aliphatic carbocycles. The van der Waals surface area contributed by atoms with Crippen LogP contribution in [0.25, 0.3) is 0 Å². The van der Waals surface area contributed by atoms with Gasteiger partial charge in [0, 0.05) is 6.42 Å². The summed E-state index contributed by atoms with van der Waals surface area (Å²) < 4.78 is 24.8. The van der Waals surface area contributed by atoms with E-state index in [0.717, 1.165) is 25.7 Å². The molecule has 21 heavy (non-hydrogen) atoms. The molecule has 2 heteroatoms. The van der Waals surface area contributed by atoms with E-state index in [1.54, 1.807) is 0 Å². The van der Waals surface area contributed by atoms with Gasteiger partial charge in [0.15, 0.2) is 0 Å². The van der Waals surface area contributed by atoms with Crippen LogP contribution >= 0.6 is 0 Å². The van der Waals surface area contributed by atoms with Crippen LogP contribution in [0, 0.1) is 0 Å². The molecule has 0 heterocycles. The number of esters is 1. The zero-order chi connectivity index (χ0) is 18.1. The van der Waals surface area contributed by atoms with Gasteiger partial charge in [-0.15, -0.1) is 0 Å². The monoisotopic (exact) mass is 299 g/mol. The summed E-state index contributed by atoms with van der Waals surface area (Å²) in [5.74, 6) is -0.618. The van der Waals surface area contributed by atoms with E-state index in [2.05, 4.69) is 23.8 Å². The second-order valence-electron chi connectivity index (χ2n) is 5.81. The topological polar surface area (TPSA) is 26.3 Å². The van der Waals surface area contributed by atoms with E-state index in [0.29, 0.717) is 6.42 Å². The maximum absolute atomic E-state index is 11.2. The van der Waals surface area contributed by atoms with E-state index in [9.17, 15) is 4.79 Å². The first-order valence-corrected chi connectivity index (χ1v) is 8.82. The lowest BCUT2D eigenvalue weighted by Crippen LogP contribution is -1.98. The molecule has 0 saturated carbocycles. The van der Waals surface area contributed by atoms with Crippen LogP contribution in [0.15, 0.2) is 12.2 Å². The molecule has 0 aliphatic heterocycles. The molecular formula is C19H36O2. The predicted molar refractivity (Wildman–Crippen MR) is 91.5 cm³/mol. The Morgan fingerprint density at radius 3 is 1.95 bits per heavy atom. The van der Waals surface area contributed by atoms with E-state index in [1.165, 1.54) is 51.4 Å². The molecule has 0 bridgehead atoms. The Morgan fingerprint density at radius 2 is 1.38 bits per heavy atom. The molecule has 0 aromatic heterocycles. The Bertz CT molecular complexity index is 325. The number of methoxy groups -OCH3 is 1. The average Bonchev–Trinajstić information content (AvgIpc) is 2.49. The summed E-state index contributed by atoms with van der Waals surface area (Å²) in [5, 5.41) is 0. The highest BCUT2D eigenvalue weighted by Gasteiger charge is 1.98. The molecule has 0 atom stereocenters. The fraction of sp³-hybridized carbons (Fsp3) is 0.842. The van der Waals surface area contributed by atoms with E-state index in [-0.39, 0.29) is 6.42 Å². The summed E-state index contributed by atoms with van der Waals surface area (Å²) in [7, 11) is -2.60. The Labute approximate surface area is 136 Å². The number of ether oxygens (including phenoxy) is 1. The third kappa shape index (κ3) is 17.2. The Kier molecular flexibility index (Phi) is 12.4. The van der Waals surface area contributed by atoms with Gasteiger partial charge in [-0.25, -0.2) is 0 Å². The highest BCUT2D eigenvalue weighted by atomic mass is 16.5. The van der Waals surface area contributed by atoms with Gasteiger partial charge in [0.25, 0.3) is 0 Å². The molecule has 2 nitrogen and oxygen atoms in total. The first-order valence-electron chi connectivity index (χ1n) is 10.3. The molecule has 0 N–H and O–H groups in total. The number of hydrogen-bond acceptors (Lipinski definition) is 2. The minimum Gasteiger partial charge on any atom is -0.469 e. The van der Waals surface area contributed by atoms with Crippen molar-refractivity contribution in [2.45, 2.75) is 96.8 Å². The smallest absolute Gasteiger partial charge is 0.305 e. The molecule has 0 aliphatic rings. The standard InChI is InChI=1S/C19H36O2/c1-3-4-5-6-7-8-9-10-11-12-13-14-15-16-17-18-19(20)21-2/h10-11H,3-9,12-18H2,1-2H3/b11-10-/i2D3. The molecule has 124 valence electrons. The number of hydrogen-bond donors (Lipinski definition) is 0. The van der Waals surface area contributed by atoms with Crippen molar-refractivity contribution in [3.8, 4) is 0 Å². The largest absolute Gasteiger partial charge is 0.469 e. The maximum atomic E-state index is 11.2. The number of carbonyl (C=O) groups is 1. The predicted octanol–water partition coefficient (Wildman–Crippen LogP) is 6.20. The lowest BCUT2D eigenvalue weighted by Gasteiger charge is -2.00. The van der Waals surface area contributed by atoms with Crippen LogP contribution in [0.3, 0.4) is 0 Å². The van der Waals surface area contributed by atoms with Gasteiger partial charge in [0.1, 0.15) is 0 Å². The third-order valence-corrected chi connectivity index (χ3v) is 3.76. The van der Waals surface area contributed by atoms with Gasteiger partial charge in [0.2, 0.25) is 0 Å². The van der Waals surface area contributed by atoms with Crippen LogP contribution in [-0.4, -0.2) is 13.0 Å². The minimum absolute atomic E-state index is 0.205. The lowest BCUT2D eigenvalue weighted by atomic mass is 10.1. The molecule has 0 aromatic carbocycles. The summed E-state index contributed by atoms with van der Waals surface area (Å²) in [6.07, 6.45) is 20.4. The quantitative estimate of drug-likeness (QED) is 0.204. The molecule has 0 saturated heterocycles. The Morgan fingerprint density at radius 1 is 0.857 bits per heavy atom. The van der Waals surface area contributed by atoms with Crippen LogP contribution in [0.4, 0.5) is 0 Å². The van der Waals surface area contributed by atoms with Crippen LogP contribution in [-0.2, 0) is 9.53 Å². The Balaban J connectivity index is 3.25. The van der Waals surface area contributed by atoms with Gasteiger partial charge >= 0.3 is 5.97 Å². The molecule has 0 rings (SSSR count). The van der Waals surface area contributed by atoms with Crippen molar-refractivity contribution in [1.29, 1.82) is 0 Å². The van der Waals surface area contributed by atoms with Crippen molar-refractivity contribution in [2.75, 3.05) is 7.04 Å². The highest BCUT2D eigenvalue weighted by Crippen LogP contribution is 2.10. The molecule has 0 spiro atoms. The molecule has 0 aromatic rings. The van der Waals surface area contributed by atoms with Crippen molar-refractivity contribution in [3.63, 3.8) is 0 Å². The molecule has 0 radical (unpaired) electrons. The third-order valence-electron chi connectivity index (χ3n) is 3.76. The average molecular weight is 300 g/mol. The maximum Gasteiger partial charge on any atom is 0.305 e. The summed E-state index contributed by atoms with van der Waals surface area (Å²) >= 11 is 0. The van der Waals surface area contributed by atoms with Gasteiger partial charge in [-0.05, 0) is 32.1 Å².